The van der Waals surface area contributed by atoms with Crippen LogP contribution < -0.4 is 5.32 Å². The van der Waals surface area contributed by atoms with Gasteiger partial charge in [0, 0.05) is 5.69 Å². The minimum Gasteiger partial charge on any atom is -0.462 e. The summed E-state index contributed by atoms with van der Waals surface area (Å²) in [6, 6.07) is 11.0. The van der Waals surface area contributed by atoms with Crippen LogP contribution in [0.15, 0.2) is 53.3 Å². The summed E-state index contributed by atoms with van der Waals surface area (Å²) >= 11 is 0. The molecule has 2 aromatic carbocycles. The third-order valence-electron chi connectivity index (χ3n) is 3.59. The molecule has 0 spiro atoms. The number of carbonyl (C=O) groups excluding carboxylic acids is 3. The average molecular weight is 368 g/mol. The molecule has 3 rings (SSSR count). The van der Waals surface area contributed by atoms with Gasteiger partial charge in [-0.05, 0) is 43.3 Å². The van der Waals surface area contributed by atoms with E-state index in [0.717, 1.165) is 0 Å². The first kappa shape index (κ1) is 18.1. The highest BCUT2D eigenvalue weighted by atomic mass is 16.5. The number of aromatic nitrogens is 1. The molecule has 1 amide bonds. The van der Waals surface area contributed by atoms with E-state index < -0.39 is 24.5 Å². The number of hydrogen-bond donors (Lipinski definition) is 1. The second-order valence-corrected chi connectivity index (χ2v) is 5.43. The van der Waals surface area contributed by atoms with Crippen LogP contribution in [0.1, 0.15) is 27.6 Å². The predicted octanol–water partition coefficient (Wildman–Crippen LogP) is 2.80. The number of rotatable bonds is 6. The Kier molecular flexibility index (Phi) is 5.46. The second kappa shape index (κ2) is 8.13. The molecule has 0 unspecified atom stereocenters. The number of hydrogen-bond acceptors (Lipinski definition) is 7. The number of amides is 1. The van der Waals surface area contributed by atoms with Gasteiger partial charge in [-0.1, -0.05) is 6.07 Å². The lowest BCUT2D eigenvalue weighted by Gasteiger charge is -2.07. The second-order valence-electron chi connectivity index (χ2n) is 5.43. The number of carbonyl (C=O) groups is 3. The van der Waals surface area contributed by atoms with Crippen molar-refractivity contribution in [2.24, 2.45) is 0 Å². The molecule has 1 heterocycles. The van der Waals surface area contributed by atoms with Crippen molar-refractivity contribution in [3.05, 3.63) is 60.0 Å². The number of oxazole rings is 1. The molecule has 138 valence electrons. The maximum atomic E-state index is 12.2. The molecule has 8 nitrogen and oxygen atoms in total. The van der Waals surface area contributed by atoms with Crippen molar-refractivity contribution in [2.75, 3.05) is 18.5 Å². The summed E-state index contributed by atoms with van der Waals surface area (Å²) < 4.78 is 15.0. The normalized spacial score (nSPS) is 10.4. The zero-order valence-corrected chi connectivity index (χ0v) is 14.4. The fraction of sp³-hybridized carbons (Fsp3) is 0.158. The Morgan fingerprint density at radius 3 is 2.56 bits per heavy atom. The van der Waals surface area contributed by atoms with E-state index in [-0.39, 0.29) is 12.2 Å². The number of ether oxygens (including phenoxy) is 2. The maximum Gasteiger partial charge on any atom is 0.340 e. The van der Waals surface area contributed by atoms with Crippen molar-refractivity contribution in [1.82, 2.24) is 4.98 Å². The smallest absolute Gasteiger partial charge is 0.340 e. The van der Waals surface area contributed by atoms with Gasteiger partial charge in [0.15, 0.2) is 18.6 Å². The molecule has 0 aliphatic rings. The molecule has 0 bridgehead atoms. The summed E-state index contributed by atoms with van der Waals surface area (Å²) in [5.74, 6) is -1.63. The van der Waals surface area contributed by atoms with Crippen LogP contribution in [0.3, 0.4) is 0 Å². The van der Waals surface area contributed by atoms with Gasteiger partial charge in [0.1, 0.15) is 5.52 Å². The lowest BCUT2D eigenvalue weighted by molar-refractivity contribution is -0.119. The predicted molar refractivity (Wildman–Crippen MR) is 95.3 cm³/mol. The van der Waals surface area contributed by atoms with E-state index in [9.17, 15) is 14.4 Å². The zero-order valence-electron chi connectivity index (χ0n) is 14.4. The zero-order chi connectivity index (χ0) is 19.2. The number of nitrogens with zero attached hydrogens (tertiary/aromatic N) is 1. The van der Waals surface area contributed by atoms with E-state index in [2.05, 4.69) is 10.3 Å². The Morgan fingerprint density at radius 1 is 1.04 bits per heavy atom. The van der Waals surface area contributed by atoms with Gasteiger partial charge in [0.25, 0.3) is 5.91 Å². The van der Waals surface area contributed by atoms with Crippen LogP contribution in [-0.4, -0.2) is 36.0 Å². The van der Waals surface area contributed by atoms with Crippen LogP contribution in [0.5, 0.6) is 0 Å². The first-order chi connectivity index (χ1) is 13.1. The number of fused-ring (bicyclic) bond motifs is 1. The van der Waals surface area contributed by atoms with Crippen molar-refractivity contribution >= 4 is 34.6 Å². The first-order valence-corrected chi connectivity index (χ1v) is 8.15. The van der Waals surface area contributed by atoms with Crippen LogP contribution >= 0.6 is 0 Å². The molecule has 0 radical (unpaired) electrons. The van der Waals surface area contributed by atoms with Gasteiger partial charge < -0.3 is 19.2 Å². The highest BCUT2D eigenvalue weighted by Crippen LogP contribution is 2.17. The SMILES string of the molecule is CCOC(=O)c1ccc(NC(=O)COC(=O)c2cccc3ocnc23)cc1. The van der Waals surface area contributed by atoms with Gasteiger partial charge in [-0.2, -0.15) is 0 Å². The highest BCUT2D eigenvalue weighted by molar-refractivity contribution is 6.02. The number of para-hydroxylation sites is 1. The van der Waals surface area contributed by atoms with Crippen molar-refractivity contribution in [2.45, 2.75) is 6.92 Å². The van der Waals surface area contributed by atoms with Gasteiger partial charge in [-0.25, -0.2) is 14.6 Å². The summed E-state index contributed by atoms with van der Waals surface area (Å²) in [5, 5.41) is 2.58. The first-order valence-electron chi connectivity index (χ1n) is 8.15. The molecule has 27 heavy (non-hydrogen) atoms. The fourth-order valence-electron chi connectivity index (χ4n) is 2.36. The lowest BCUT2D eigenvalue weighted by atomic mass is 10.2. The van der Waals surface area contributed by atoms with Crippen molar-refractivity contribution in [3.63, 3.8) is 0 Å². The number of anilines is 1. The maximum absolute atomic E-state index is 12.2. The molecule has 0 saturated carbocycles. The van der Waals surface area contributed by atoms with Crippen molar-refractivity contribution in [3.8, 4) is 0 Å². The number of benzene rings is 2. The standard InChI is InChI=1S/C19H16N2O6/c1-2-25-18(23)12-6-8-13(9-7-12)21-16(22)10-26-19(24)14-4-3-5-15-17(14)20-11-27-15/h3-9,11H,2,10H2,1H3,(H,21,22). The monoisotopic (exact) mass is 368 g/mol. The van der Waals surface area contributed by atoms with Gasteiger partial charge in [0.2, 0.25) is 0 Å². The molecule has 1 N–H and O–H groups in total. The summed E-state index contributed by atoms with van der Waals surface area (Å²) in [6.07, 6.45) is 1.23. The fourth-order valence-corrected chi connectivity index (χ4v) is 2.36. The third kappa shape index (κ3) is 4.30. The summed E-state index contributed by atoms with van der Waals surface area (Å²) in [6.45, 7) is 1.54. The molecule has 8 heteroatoms. The molecule has 3 aromatic rings. The molecule has 0 fully saturated rings. The summed E-state index contributed by atoms with van der Waals surface area (Å²) in [7, 11) is 0. The Morgan fingerprint density at radius 2 is 1.81 bits per heavy atom. The van der Waals surface area contributed by atoms with Crippen LogP contribution in [-0.2, 0) is 14.3 Å². The molecule has 0 saturated heterocycles. The van der Waals surface area contributed by atoms with Gasteiger partial charge in [0.05, 0.1) is 17.7 Å². The number of nitrogens with one attached hydrogen (secondary N) is 1. The number of esters is 2. The Balaban J connectivity index is 1.56. The van der Waals surface area contributed by atoms with E-state index in [0.29, 0.717) is 22.4 Å². The summed E-state index contributed by atoms with van der Waals surface area (Å²) in [5.41, 5.74) is 1.88. The van der Waals surface area contributed by atoms with E-state index in [4.69, 9.17) is 13.9 Å². The van der Waals surface area contributed by atoms with E-state index in [1.807, 2.05) is 0 Å². The molecular formula is C19H16N2O6. The third-order valence-corrected chi connectivity index (χ3v) is 3.59. The van der Waals surface area contributed by atoms with Crippen molar-refractivity contribution in [1.29, 1.82) is 0 Å². The summed E-state index contributed by atoms with van der Waals surface area (Å²) in [4.78, 5) is 39.7. The molecule has 0 aliphatic heterocycles. The van der Waals surface area contributed by atoms with Crippen LogP contribution in [0.25, 0.3) is 11.1 Å². The van der Waals surface area contributed by atoms with Crippen molar-refractivity contribution < 1.29 is 28.3 Å². The molecule has 0 aliphatic carbocycles. The van der Waals surface area contributed by atoms with Gasteiger partial charge in [-0.15, -0.1) is 0 Å². The van der Waals surface area contributed by atoms with E-state index in [1.165, 1.54) is 18.5 Å². The largest absolute Gasteiger partial charge is 0.462 e. The molecular weight excluding hydrogens is 352 g/mol. The van der Waals surface area contributed by atoms with Gasteiger partial charge in [-0.3, -0.25) is 4.79 Å². The Bertz CT molecular complexity index is 977. The van der Waals surface area contributed by atoms with Gasteiger partial charge >= 0.3 is 11.9 Å². The topological polar surface area (TPSA) is 108 Å². The highest BCUT2D eigenvalue weighted by Gasteiger charge is 2.16. The Hall–Kier alpha value is -3.68. The quantitative estimate of drug-likeness (QED) is 0.667. The minimum atomic E-state index is -0.678. The van der Waals surface area contributed by atoms with Crippen LogP contribution in [0.4, 0.5) is 5.69 Å². The Labute approximate surface area is 154 Å². The van der Waals surface area contributed by atoms with Crippen LogP contribution in [0, 0.1) is 0 Å². The van der Waals surface area contributed by atoms with Crippen LogP contribution in [0.2, 0.25) is 0 Å². The van der Waals surface area contributed by atoms with E-state index in [1.54, 1.807) is 37.3 Å². The molecule has 0 atom stereocenters. The minimum absolute atomic E-state index is 0.216. The van der Waals surface area contributed by atoms with E-state index >= 15 is 0 Å². The molecule has 1 aromatic heterocycles. The average Bonchev–Trinajstić information content (AvgIpc) is 3.15. The lowest BCUT2D eigenvalue weighted by Crippen LogP contribution is -2.21.